The summed E-state index contributed by atoms with van der Waals surface area (Å²) in [7, 11) is 0. The molecule has 10 heteroatoms. The molecule has 3 heterocycles. The highest BCUT2D eigenvalue weighted by Gasteiger charge is 2.32. The number of anilines is 1. The number of nitrogens with zero attached hydrogens (tertiary/aromatic N) is 3. The number of benzene rings is 1. The number of furan rings is 1. The van der Waals surface area contributed by atoms with Gasteiger partial charge in [-0.2, -0.15) is 0 Å². The second kappa shape index (κ2) is 9.29. The lowest BCUT2D eigenvalue weighted by Crippen LogP contribution is -2.43. The van der Waals surface area contributed by atoms with E-state index in [1.54, 1.807) is 24.5 Å². The number of hydrogen-bond donors (Lipinski definition) is 1. The minimum absolute atomic E-state index is 0.0563. The molecule has 1 fully saturated rings. The minimum Gasteiger partial charge on any atom is -0.463 e. The van der Waals surface area contributed by atoms with Gasteiger partial charge in [-0.25, -0.2) is 0 Å². The van der Waals surface area contributed by atoms with Gasteiger partial charge in [0.1, 0.15) is 11.4 Å². The summed E-state index contributed by atoms with van der Waals surface area (Å²) < 4.78 is 47.1. The predicted molar refractivity (Wildman–Crippen MR) is 110 cm³/mol. The monoisotopic (exact) mass is 446 g/mol. The van der Waals surface area contributed by atoms with Crippen molar-refractivity contribution in [2.75, 3.05) is 18.0 Å². The number of nitrogens with one attached hydrogen (secondary N) is 1. The molecule has 1 aliphatic rings. The van der Waals surface area contributed by atoms with Crippen LogP contribution in [-0.4, -0.2) is 35.6 Å². The highest BCUT2D eigenvalue weighted by atomic mass is 19.4. The van der Waals surface area contributed by atoms with Crippen LogP contribution in [0.4, 0.5) is 19.0 Å². The number of rotatable bonds is 6. The first kappa shape index (κ1) is 21.7. The van der Waals surface area contributed by atoms with Crippen molar-refractivity contribution in [1.29, 1.82) is 0 Å². The van der Waals surface area contributed by atoms with Gasteiger partial charge >= 0.3 is 6.36 Å². The van der Waals surface area contributed by atoms with Gasteiger partial charge in [-0.1, -0.05) is 18.2 Å². The van der Waals surface area contributed by atoms with Gasteiger partial charge in [-0.3, -0.25) is 4.79 Å². The highest BCUT2D eigenvalue weighted by molar-refractivity contribution is 5.79. The van der Waals surface area contributed by atoms with Gasteiger partial charge in [0.25, 0.3) is 0 Å². The van der Waals surface area contributed by atoms with Gasteiger partial charge < -0.3 is 19.4 Å². The summed E-state index contributed by atoms with van der Waals surface area (Å²) in [5.74, 6) is 0.414. The Balaban J connectivity index is 1.36. The normalized spacial score (nSPS) is 16.6. The van der Waals surface area contributed by atoms with Crippen molar-refractivity contribution < 1.29 is 27.1 Å². The Morgan fingerprint density at radius 3 is 2.72 bits per heavy atom. The van der Waals surface area contributed by atoms with Crippen LogP contribution in [0.15, 0.2) is 59.2 Å². The molecule has 1 amide bonds. The van der Waals surface area contributed by atoms with Crippen LogP contribution in [0.3, 0.4) is 0 Å². The summed E-state index contributed by atoms with van der Waals surface area (Å²) in [4.78, 5) is 14.7. The summed E-state index contributed by atoms with van der Waals surface area (Å²) in [6.07, 6.45) is -1.77. The number of halogens is 3. The van der Waals surface area contributed by atoms with Crippen LogP contribution in [0.25, 0.3) is 11.5 Å². The Bertz CT molecular complexity index is 1040. The topological polar surface area (TPSA) is 80.5 Å². The van der Waals surface area contributed by atoms with Crippen LogP contribution in [0.5, 0.6) is 5.75 Å². The quantitative estimate of drug-likeness (QED) is 0.612. The Kier molecular flexibility index (Phi) is 6.29. The third-order valence-electron chi connectivity index (χ3n) is 5.19. The van der Waals surface area contributed by atoms with Crippen molar-refractivity contribution >= 4 is 11.7 Å². The van der Waals surface area contributed by atoms with Crippen LogP contribution in [0.1, 0.15) is 18.4 Å². The number of carbonyl (C=O) groups is 1. The van der Waals surface area contributed by atoms with Gasteiger partial charge in [0, 0.05) is 25.2 Å². The molecule has 168 valence electrons. The average Bonchev–Trinajstić information content (AvgIpc) is 3.32. The fraction of sp³-hybridized carbons (Fsp3) is 0.318. The maximum absolute atomic E-state index is 12.7. The van der Waals surface area contributed by atoms with Crippen molar-refractivity contribution in [2.45, 2.75) is 25.7 Å². The number of amides is 1. The molecular weight excluding hydrogens is 425 g/mol. The van der Waals surface area contributed by atoms with Gasteiger partial charge in [0.15, 0.2) is 11.6 Å². The van der Waals surface area contributed by atoms with Crippen LogP contribution < -0.4 is 15.0 Å². The first-order valence-electron chi connectivity index (χ1n) is 10.1. The van der Waals surface area contributed by atoms with Crippen LogP contribution >= 0.6 is 0 Å². The molecule has 4 rings (SSSR count). The van der Waals surface area contributed by atoms with Crippen molar-refractivity contribution in [3.63, 3.8) is 0 Å². The molecule has 0 radical (unpaired) electrons. The van der Waals surface area contributed by atoms with Crippen molar-refractivity contribution in [3.8, 4) is 17.2 Å². The molecule has 2 aromatic heterocycles. The minimum atomic E-state index is -4.79. The largest absolute Gasteiger partial charge is 0.573 e. The van der Waals surface area contributed by atoms with Gasteiger partial charge in [0.05, 0.1) is 12.2 Å². The summed E-state index contributed by atoms with van der Waals surface area (Å²) in [6, 6.07) is 13.0. The first-order chi connectivity index (χ1) is 15.4. The van der Waals surface area contributed by atoms with Crippen molar-refractivity contribution in [2.24, 2.45) is 5.92 Å². The SMILES string of the molecule is O=C(NCc1ccccc1OC(F)(F)F)C1CCCN(c2ccc(-c3ccco3)nn2)C1. The lowest BCUT2D eigenvalue weighted by Gasteiger charge is -2.32. The molecule has 3 aromatic rings. The standard InChI is InChI=1S/C22H21F3N4O3/c23-22(24,25)32-18-7-2-1-5-15(18)13-26-21(30)16-6-3-11-29(14-16)20-10-9-17(27-28-20)19-8-4-12-31-19/h1-2,4-5,7-10,12,16H,3,6,11,13-14H2,(H,26,30). The maximum Gasteiger partial charge on any atom is 0.573 e. The number of hydrogen-bond acceptors (Lipinski definition) is 6. The molecule has 32 heavy (non-hydrogen) atoms. The molecule has 1 aromatic carbocycles. The molecule has 1 saturated heterocycles. The Hall–Kier alpha value is -3.56. The smallest absolute Gasteiger partial charge is 0.463 e. The predicted octanol–water partition coefficient (Wildman–Crippen LogP) is 4.17. The molecule has 1 aliphatic heterocycles. The fourth-order valence-electron chi connectivity index (χ4n) is 3.65. The number of piperidine rings is 1. The van der Waals surface area contributed by atoms with E-state index in [2.05, 4.69) is 20.3 Å². The molecule has 1 atom stereocenters. The first-order valence-corrected chi connectivity index (χ1v) is 10.1. The molecule has 1 N–H and O–H groups in total. The van der Waals surface area contributed by atoms with E-state index in [1.807, 2.05) is 17.0 Å². The van der Waals surface area contributed by atoms with Crippen molar-refractivity contribution in [3.05, 3.63) is 60.4 Å². The summed E-state index contributed by atoms with van der Waals surface area (Å²) in [5, 5.41) is 11.2. The van der Waals surface area contributed by atoms with E-state index in [0.717, 1.165) is 13.0 Å². The Morgan fingerprint density at radius 1 is 1.16 bits per heavy atom. The zero-order chi connectivity index (χ0) is 22.6. The summed E-state index contributed by atoms with van der Waals surface area (Å²) >= 11 is 0. The molecule has 1 unspecified atom stereocenters. The summed E-state index contributed by atoms with van der Waals surface area (Å²) in [6.45, 7) is 1.13. The van der Waals surface area contributed by atoms with E-state index in [9.17, 15) is 18.0 Å². The number of carbonyl (C=O) groups excluding carboxylic acids is 1. The van der Waals surface area contributed by atoms with Crippen LogP contribution in [0.2, 0.25) is 0 Å². The Morgan fingerprint density at radius 2 is 2.00 bits per heavy atom. The van der Waals surface area contributed by atoms with E-state index in [0.29, 0.717) is 30.2 Å². The number of aromatic nitrogens is 2. The second-order valence-corrected chi connectivity index (χ2v) is 7.41. The molecule has 0 bridgehead atoms. The van der Waals surface area contributed by atoms with E-state index in [4.69, 9.17) is 4.42 Å². The van der Waals surface area contributed by atoms with E-state index < -0.39 is 6.36 Å². The van der Waals surface area contributed by atoms with Gasteiger partial charge in [-0.05, 0) is 43.2 Å². The fourth-order valence-corrected chi connectivity index (χ4v) is 3.65. The van der Waals surface area contributed by atoms with Gasteiger partial charge in [0.2, 0.25) is 5.91 Å². The molecule has 0 spiro atoms. The zero-order valence-corrected chi connectivity index (χ0v) is 17.0. The number of para-hydroxylation sites is 1. The maximum atomic E-state index is 12.7. The zero-order valence-electron chi connectivity index (χ0n) is 17.0. The van der Waals surface area contributed by atoms with E-state index in [-0.39, 0.29) is 29.7 Å². The molecule has 0 aliphatic carbocycles. The third kappa shape index (κ3) is 5.37. The van der Waals surface area contributed by atoms with E-state index >= 15 is 0 Å². The number of ether oxygens (including phenoxy) is 1. The number of alkyl halides is 3. The average molecular weight is 446 g/mol. The second-order valence-electron chi connectivity index (χ2n) is 7.41. The van der Waals surface area contributed by atoms with E-state index in [1.165, 1.54) is 18.2 Å². The third-order valence-corrected chi connectivity index (χ3v) is 5.19. The summed E-state index contributed by atoms with van der Waals surface area (Å²) in [5.41, 5.74) is 0.870. The van der Waals surface area contributed by atoms with Crippen LogP contribution in [-0.2, 0) is 11.3 Å². The van der Waals surface area contributed by atoms with Gasteiger partial charge in [-0.15, -0.1) is 23.4 Å². The Labute approximate surface area is 182 Å². The lowest BCUT2D eigenvalue weighted by molar-refractivity contribution is -0.274. The highest BCUT2D eigenvalue weighted by Crippen LogP contribution is 2.27. The lowest BCUT2D eigenvalue weighted by atomic mass is 9.97. The molecule has 7 nitrogen and oxygen atoms in total. The van der Waals surface area contributed by atoms with Crippen molar-refractivity contribution in [1.82, 2.24) is 15.5 Å². The molecular formula is C22H21F3N4O3. The van der Waals surface area contributed by atoms with Crippen LogP contribution in [0, 0.1) is 5.92 Å². The molecule has 0 saturated carbocycles.